The van der Waals surface area contributed by atoms with Crippen molar-refractivity contribution in [3.05, 3.63) is 29.8 Å². The monoisotopic (exact) mass is 196 g/mol. The molecule has 1 rings (SSSR count). The first kappa shape index (κ1) is 10.5. The fourth-order valence-electron chi connectivity index (χ4n) is 1.15. The highest BCUT2D eigenvalue weighted by atomic mass is 32.2. The molecule has 0 aliphatic rings. The predicted octanol–water partition coefficient (Wildman–Crippen LogP) is 2.90. The van der Waals surface area contributed by atoms with Crippen molar-refractivity contribution in [1.82, 2.24) is 0 Å². The minimum Gasteiger partial charge on any atom is -0.254 e. The lowest BCUT2D eigenvalue weighted by Crippen LogP contribution is -1.97. The van der Waals surface area contributed by atoms with Gasteiger partial charge in [0.2, 0.25) is 0 Å². The highest BCUT2D eigenvalue weighted by molar-refractivity contribution is 7.85. The summed E-state index contributed by atoms with van der Waals surface area (Å²) in [7, 11) is -0.794. The third-order valence-electron chi connectivity index (χ3n) is 1.94. The summed E-state index contributed by atoms with van der Waals surface area (Å²) in [6.45, 7) is 4.15. The summed E-state index contributed by atoms with van der Waals surface area (Å²) in [4.78, 5) is 0.966. The Hall–Kier alpha value is -0.630. The summed E-state index contributed by atoms with van der Waals surface area (Å²) in [5, 5.41) is 0. The lowest BCUT2D eigenvalue weighted by Gasteiger charge is -2.01. The quantitative estimate of drug-likeness (QED) is 0.723. The van der Waals surface area contributed by atoms with Crippen molar-refractivity contribution < 1.29 is 4.21 Å². The number of hydrogen-bond acceptors (Lipinski definition) is 1. The number of hydrogen-bond donors (Lipinski definition) is 0. The molecule has 0 heterocycles. The lowest BCUT2D eigenvalue weighted by molar-refractivity contribution is 0.679. The Bertz CT molecular complexity index is 294. The van der Waals surface area contributed by atoms with Crippen LogP contribution in [0.15, 0.2) is 29.2 Å². The minimum atomic E-state index is -0.794. The van der Waals surface area contributed by atoms with E-state index in [-0.39, 0.29) is 0 Å². The molecule has 0 N–H and O–H groups in total. The molecule has 0 saturated carbocycles. The first-order chi connectivity index (χ1) is 6.24. The molecule has 0 aliphatic heterocycles. The molecule has 0 bridgehead atoms. The van der Waals surface area contributed by atoms with Gasteiger partial charge in [0.25, 0.3) is 0 Å². The molecular formula is C11H16OS. The van der Waals surface area contributed by atoms with E-state index >= 15 is 0 Å². The average molecular weight is 196 g/mol. The maximum absolute atomic E-state index is 11.7. The molecule has 1 atom stereocenters. The van der Waals surface area contributed by atoms with Gasteiger partial charge in [-0.2, -0.15) is 0 Å². The molecule has 2 heteroatoms. The normalized spacial score (nSPS) is 12.8. The van der Waals surface area contributed by atoms with E-state index in [9.17, 15) is 4.21 Å². The summed E-state index contributed by atoms with van der Waals surface area (Å²) >= 11 is 0. The van der Waals surface area contributed by atoms with Gasteiger partial charge in [-0.1, -0.05) is 25.5 Å². The fraction of sp³-hybridized carbons (Fsp3) is 0.455. The Morgan fingerprint density at radius 3 is 2.77 bits per heavy atom. The van der Waals surface area contributed by atoms with Gasteiger partial charge in [0.1, 0.15) is 0 Å². The van der Waals surface area contributed by atoms with E-state index in [1.165, 1.54) is 5.56 Å². The van der Waals surface area contributed by atoms with Gasteiger partial charge in [0, 0.05) is 10.6 Å². The van der Waals surface area contributed by atoms with Crippen LogP contribution in [0.1, 0.15) is 25.3 Å². The van der Waals surface area contributed by atoms with Crippen molar-refractivity contribution in [3.8, 4) is 0 Å². The standard InChI is InChI=1S/C11H16OS/c1-3-4-8-13(12)11-7-5-6-10(2)9-11/h5-7,9H,3-4,8H2,1-2H3. The first-order valence-electron chi connectivity index (χ1n) is 4.69. The van der Waals surface area contributed by atoms with Crippen LogP contribution in [0.5, 0.6) is 0 Å². The average Bonchev–Trinajstić information content (AvgIpc) is 2.14. The van der Waals surface area contributed by atoms with E-state index in [0.717, 1.165) is 23.5 Å². The smallest absolute Gasteiger partial charge is 0.0529 e. The zero-order valence-electron chi connectivity index (χ0n) is 8.25. The van der Waals surface area contributed by atoms with E-state index in [4.69, 9.17) is 0 Å². The van der Waals surface area contributed by atoms with E-state index in [0.29, 0.717) is 0 Å². The van der Waals surface area contributed by atoms with Crippen molar-refractivity contribution in [2.45, 2.75) is 31.6 Å². The van der Waals surface area contributed by atoms with Gasteiger partial charge >= 0.3 is 0 Å². The first-order valence-corrected chi connectivity index (χ1v) is 6.01. The molecule has 13 heavy (non-hydrogen) atoms. The molecule has 1 aromatic rings. The summed E-state index contributed by atoms with van der Waals surface area (Å²) in [6.07, 6.45) is 2.15. The van der Waals surface area contributed by atoms with Gasteiger partial charge in [0.05, 0.1) is 10.8 Å². The van der Waals surface area contributed by atoms with Gasteiger partial charge in [-0.25, -0.2) is 0 Å². The van der Waals surface area contributed by atoms with E-state index < -0.39 is 10.8 Å². The van der Waals surface area contributed by atoms with Crippen molar-refractivity contribution in [3.63, 3.8) is 0 Å². The largest absolute Gasteiger partial charge is 0.254 e. The zero-order chi connectivity index (χ0) is 9.68. The SMILES string of the molecule is CCCCS(=O)c1cccc(C)c1. The number of aryl methyl sites for hydroxylation is 1. The van der Waals surface area contributed by atoms with Crippen LogP contribution < -0.4 is 0 Å². The molecule has 0 radical (unpaired) electrons. The molecule has 72 valence electrons. The Morgan fingerprint density at radius 2 is 2.15 bits per heavy atom. The molecule has 1 nitrogen and oxygen atoms in total. The van der Waals surface area contributed by atoms with Crippen molar-refractivity contribution in [2.75, 3.05) is 5.75 Å². The van der Waals surface area contributed by atoms with Crippen LogP contribution in [-0.2, 0) is 10.8 Å². The third kappa shape index (κ3) is 3.31. The Morgan fingerprint density at radius 1 is 1.38 bits per heavy atom. The van der Waals surface area contributed by atoms with Crippen molar-refractivity contribution in [2.24, 2.45) is 0 Å². The second-order valence-electron chi connectivity index (χ2n) is 3.22. The highest BCUT2D eigenvalue weighted by Gasteiger charge is 2.01. The van der Waals surface area contributed by atoms with Gasteiger partial charge in [-0.15, -0.1) is 0 Å². The van der Waals surface area contributed by atoms with Crippen LogP contribution in [-0.4, -0.2) is 9.96 Å². The van der Waals surface area contributed by atoms with Crippen molar-refractivity contribution >= 4 is 10.8 Å². The minimum absolute atomic E-state index is 0.792. The predicted molar refractivity (Wildman–Crippen MR) is 57.4 cm³/mol. The molecule has 0 spiro atoms. The summed E-state index contributed by atoms with van der Waals surface area (Å²) in [6, 6.07) is 7.94. The van der Waals surface area contributed by atoms with Gasteiger partial charge in [-0.3, -0.25) is 4.21 Å². The molecule has 0 fully saturated rings. The van der Waals surface area contributed by atoms with Gasteiger partial charge in [0.15, 0.2) is 0 Å². The maximum atomic E-state index is 11.7. The van der Waals surface area contributed by atoms with Crippen LogP contribution in [0.3, 0.4) is 0 Å². The molecule has 1 aromatic carbocycles. The van der Waals surface area contributed by atoms with Crippen LogP contribution in [0.4, 0.5) is 0 Å². The molecule has 0 aliphatic carbocycles. The molecule has 0 aromatic heterocycles. The third-order valence-corrected chi connectivity index (χ3v) is 3.37. The Balaban J connectivity index is 2.66. The van der Waals surface area contributed by atoms with Crippen LogP contribution in [0, 0.1) is 6.92 Å². The Labute approximate surface area is 82.6 Å². The van der Waals surface area contributed by atoms with E-state index in [1.807, 2.05) is 31.2 Å². The van der Waals surface area contributed by atoms with E-state index in [1.54, 1.807) is 0 Å². The van der Waals surface area contributed by atoms with E-state index in [2.05, 4.69) is 6.92 Å². The van der Waals surface area contributed by atoms with Crippen LogP contribution >= 0.6 is 0 Å². The Kier molecular flexibility index (Phi) is 4.16. The van der Waals surface area contributed by atoms with Gasteiger partial charge in [-0.05, 0) is 31.0 Å². The van der Waals surface area contributed by atoms with Crippen LogP contribution in [0.25, 0.3) is 0 Å². The number of rotatable bonds is 4. The summed E-state index contributed by atoms with van der Waals surface area (Å²) in [5.74, 6) is 0.792. The number of unbranched alkanes of at least 4 members (excludes halogenated alkanes) is 1. The van der Waals surface area contributed by atoms with Crippen molar-refractivity contribution in [1.29, 1.82) is 0 Å². The topological polar surface area (TPSA) is 17.1 Å². The highest BCUT2D eigenvalue weighted by Crippen LogP contribution is 2.10. The summed E-state index contributed by atoms with van der Waals surface area (Å²) in [5.41, 5.74) is 1.18. The molecular weight excluding hydrogens is 180 g/mol. The second-order valence-corrected chi connectivity index (χ2v) is 4.79. The lowest BCUT2D eigenvalue weighted by atomic mass is 10.2. The molecule has 0 saturated heterocycles. The maximum Gasteiger partial charge on any atom is 0.0529 e. The zero-order valence-corrected chi connectivity index (χ0v) is 9.06. The fourth-order valence-corrected chi connectivity index (χ4v) is 2.48. The van der Waals surface area contributed by atoms with Crippen LogP contribution in [0.2, 0.25) is 0 Å². The summed E-state index contributed by atoms with van der Waals surface area (Å²) < 4.78 is 11.7. The second kappa shape index (κ2) is 5.18. The molecule has 1 unspecified atom stereocenters. The molecule has 0 amide bonds. The van der Waals surface area contributed by atoms with Gasteiger partial charge < -0.3 is 0 Å². The number of benzene rings is 1.